The molecule has 126 valence electrons. The Kier molecular flexibility index (Phi) is 5.98. The molecular weight excluding hydrogens is 292 g/mol. The van der Waals surface area contributed by atoms with Crippen molar-refractivity contribution in [3.8, 4) is 0 Å². The van der Waals surface area contributed by atoms with Gasteiger partial charge in [0, 0.05) is 12.6 Å². The van der Waals surface area contributed by atoms with Gasteiger partial charge in [0.05, 0.1) is 12.5 Å². The van der Waals surface area contributed by atoms with Crippen LogP contribution in [0.5, 0.6) is 0 Å². The average Bonchev–Trinajstić information content (AvgIpc) is 2.49. The summed E-state index contributed by atoms with van der Waals surface area (Å²) in [6.07, 6.45) is 1.22. The maximum absolute atomic E-state index is 12.4. The van der Waals surface area contributed by atoms with Crippen LogP contribution in [0, 0.1) is 12.8 Å². The summed E-state index contributed by atoms with van der Waals surface area (Å²) < 4.78 is 0. The summed E-state index contributed by atoms with van der Waals surface area (Å²) in [5, 5.41) is 9.04. The molecule has 0 aliphatic carbocycles. The lowest BCUT2D eigenvalue weighted by molar-refractivity contribution is -0.122. The predicted octanol–water partition coefficient (Wildman–Crippen LogP) is 1.21. The first-order chi connectivity index (χ1) is 11.0. The Morgan fingerprint density at radius 2 is 2.13 bits per heavy atom. The Morgan fingerprint density at radius 1 is 1.39 bits per heavy atom. The molecule has 23 heavy (non-hydrogen) atoms. The van der Waals surface area contributed by atoms with Crippen molar-refractivity contribution in [2.24, 2.45) is 11.7 Å². The maximum Gasteiger partial charge on any atom is 0.312 e. The van der Waals surface area contributed by atoms with Crippen molar-refractivity contribution in [3.63, 3.8) is 0 Å². The van der Waals surface area contributed by atoms with Gasteiger partial charge in [0.1, 0.15) is 0 Å². The van der Waals surface area contributed by atoms with E-state index >= 15 is 0 Å². The third kappa shape index (κ3) is 4.96. The third-order valence-corrected chi connectivity index (χ3v) is 4.44. The molecule has 0 radical (unpaired) electrons. The lowest BCUT2D eigenvalue weighted by Crippen LogP contribution is -2.50. The van der Waals surface area contributed by atoms with Crippen molar-refractivity contribution in [2.75, 3.05) is 13.1 Å². The van der Waals surface area contributed by atoms with Crippen LogP contribution in [0.3, 0.4) is 0 Å². The maximum atomic E-state index is 12.4. The number of carbonyl (C=O) groups excluding carboxylic acids is 2. The Labute approximate surface area is 137 Å². The fourth-order valence-electron chi connectivity index (χ4n) is 3.02. The molecule has 3 atom stereocenters. The summed E-state index contributed by atoms with van der Waals surface area (Å²) in [4.78, 5) is 23.7. The minimum atomic E-state index is -0.626. The highest BCUT2D eigenvalue weighted by Crippen LogP contribution is 2.21. The van der Waals surface area contributed by atoms with Crippen LogP contribution in [-0.4, -0.2) is 31.1 Å². The van der Waals surface area contributed by atoms with Crippen molar-refractivity contribution in [1.82, 2.24) is 16.0 Å². The van der Waals surface area contributed by atoms with Crippen LogP contribution in [0.4, 0.5) is 4.79 Å². The Morgan fingerprint density at radius 3 is 2.78 bits per heavy atom. The number of aryl methyl sites for hydroxylation is 1. The number of piperidine rings is 1. The zero-order chi connectivity index (χ0) is 16.8. The zero-order valence-electron chi connectivity index (χ0n) is 13.8. The molecule has 6 heteroatoms. The molecule has 0 saturated carbocycles. The number of hydrogen-bond acceptors (Lipinski definition) is 3. The highest BCUT2D eigenvalue weighted by Gasteiger charge is 2.25. The van der Waals surface area contributed by atoms with Crippen molar-refractivity contribution in [2.45, 2.75) is 38.8 Å². The van der Waals surface area contributed by atoms with Crippen LogP contribution < -0.4 is 21.7 Å². The lowest BCUT2D eigenvalue weighted by Gasteiger charge is -2.31. The van der Waals surface area contributed by atoms with Crippen molar-refractivity contribution in [3.05, 3.63) is 35.4 Å². The van der Waals surface area contributed by atoms with E-state index in [1.54, 1.807) is 0 Å². The molecule has 0 spiro atoms. The first-order valence-corrected chi connectivity index (χ1v) is 8.09. The second kappa shape index (κ2) is 7.97. The van der Waals surface area contributed by atoms with Gasteiger partial charge in [-0.15, -0.1) is 0 Å². The fourth-order valence-corrected chi connectivity index (χ4v) is 3.02. The number of hydrogen-bond donors (Lipinski definition) is 4. The summed E-state index contributed by atoms with van der Waals surface area (Å²) in [5.41, 5.74) is 7.20. The molecule has 3 amide bonds. The van der Waals surface area contributed by atoms with Gasteiger partial charge < -0.3 is 21.7 Å². The van der Waals surface area contributed by atoms with Gasteiger partial charge in [-0.1, -0.05) is 31.2 Å². The molecule has 1 aliphatic rings. The van der Waals surface area contributed by atoms with Crippen molar-refractivity contribution < 1.29 is 9.59 Å². The molecule has 6 nitrogen and oxygen atoms in total. The summed E-state index contributed by atoms with van der Waals surface area (Å²) in [6.45, 7) is 5.87. The zero-order valence-corrected chi connectivity index (χ0v) is 13.8. The molecule has 1 aromatic carbocycles. The minimum absolute atomic E-state index is 0.0763. The standard InChI is InChI=1S/C17H26N4O2/c1-11-5-3-4-6-13(11)14(21-17(18)23)9-16(22)20-15-10-19-8-7-12(15)2/h3-6,12,14-15,19H,7-10H2,1-2H3,(H,20,22)(H3,18,21,23). The van der Waals surface area contributed by atoms with Crippen molar-refractivity contribution >= 4 is 11.9 Å². The molecule has 1 aliphatic heterocycles. The lowest BCUT2D eigenvalue weighted by atomic mass is 9.94. The van der Waals surface area contributed by atoms with Crippen LogP contribution in [0.15, 0.2) is 24.3 Å². The van der Waals surface area contributed by atoms with E-state index in [1.807, 2.05) is 31.2 Å². The first-order valence-electron chi connectivity index (χ1n) is 8.09. The Hall–Kier alpha value is -2.08. The fraction of sp³-hybridized carbons (Fsp3) is 0.529. The number of nitrogens with one attached hydrogen (secondary N) is 3. The quantitative estimate of drug-likeness (QED) is 0.657. The third-order valence-electron chi connectivity index (χ3n) is 4.44. The Bertz CT molecular complexity index is 561. The topological polar surface area (TPSA) is 96.2 Å². The van der Waals surface area contributed by atoms with E-state index in [-0.39, 0.29) is 18.4 Å². The second-order valence-corrected chi connectivity index (χ2v) is 6.27. The molecule has 1 fully saturated rings. The number of rotatable bonds is 5. The first kappa shape index (κ1) is 17.3. The summed E-state index contributed by atoms with van der Waals surface area (Å²) in [5.74, 6) is 0.369. The van der Waals surface area contributed by atoms with E-state index in [1.165, 1.54) is 0 Å². The van der Waals surface area contributed by atoms with Crippen LogP contribution in [-0.2, 0) is 4.79 Å². The van der Waals surface area contributed by atoms with Gasteiger partial charge in [-0.25, -0.2) is 4.79 Å². The predicted molar refractivity (Wildman–Crippen MR) is 89.8 cm³/mol. The van der Waals surface area contributed by atoms with E-state index in [0.29, 0.717) is 5.92 Å². The van der Waals surface area contributed by atoms with E-state index in [2.05, 4.69) is 22.9 Å². The van der Waals surface area contributed by atoms with Gasteiger partial charge in [-0.05, 0) is 36.9 Å². The summed E-state index contributed by atoms with van der Waals surface area (Å²) in [6, 6.07) is 6.77. The molecule has 1 saturated heterocycles. The van der Waals surface area contributed by atoms with Gasteiger partial charge in [0.25, 0.3) is 0 Å². The number of primary amides is 1. The van der Waals surface area contributed by atoms with Gasteiger partial charge in [0.2, 0.25) is 5.91 Å². The molecule has 1 heterocycles. The smallest absolute Gasteiger partial charge is 0.312 e. The average molecular weight is 318 g/mol. The Balaban J connectivity index is 2.04. The van der Waals surface area contributed by atoms with Crippen LogP contribution >= 0.6 is 0 Å². The van der Waals surface area contributed by atoms with Crippen LogP contribution in [0.25, 0.3) is 0 Å². The molecule has 0 bridgehead atoms. The normalized spacial score (nSPS) is 22.2. The molecule has 5 N–H and O–H groups in total. The summed E-state index contributed by atoms with van der Waals surface area (Å²) in [7, 11) is 0. The monoisotopic (exact) mass is 318 g/mol. The molecule has 3 unspecified atom stereocenters. The number of urea groups is 1. The highest BCUT2D eigenvalue weighted by molar-refractivity contribution is 5.79. The molecule has 1 aromatic rings. The number of benzene rings is 1. The van der Waals surface area contributed by atoms with Gasteiger partial charge in [-0.2, -0.15) is 0 Å². The van der Waals surface area contributed by atoms with E-state index < -0.39 is 12.1 Å². The molecule has 0 aromatic heterocycles. The van der Waals surface area contributed by atoms with Crippen LogP contribution in [0.2, 0.25) is 0 Å². The van der Waals surface area contributed by atoms with E-state index in [9.17, 15) is 9.59 Å². The minimum Gasteiger partial charge on any atom is -0.352 e. The molecule has 2 rings (SSSR count). The van der Waals surface area contributed by atoms with Gasteiger partial charge in [-0.3, -0.25) is 4.79 Å². The number of amides is 3. The number of carbonyl (C=O) groups is 2. The van der Waals surface area contributed by atoms with E-state index in [0.717, 1.165) is 30.6 Å². The van der Waals surface area contributed by atoms with Gasteiger partial charge >= 0.3 is 6.03 Å². The van der Waals surface area contributed by atoms with E-state index in [4.69, 9.17) is 5.73 Å². The SMILES string of the molecule is Cc1ccccc1C(CC(=O)NC1CNCCC1C)NC(N)=O. The van der Waals surface area contributed by atoms with Gasteiger partial charge in [0.15, 0.2) is 0 Å². The highest BCUT2D eigenvalue weighted by atomic mass is 16.2. The van der Waals surface area contributed by atoms with Crippen LogP contribution in [0.1, 0.15) is 36.9 Å². The summed E-state index contributed by atoms with van der Waals surface area (Å²) >= 11 is 0. The number of nitrogens with two attached hydrogens (primary N) is 1. The molecular formula is C17H26N4O2. The second-order valence-electron chi connectivity index (χ2n) is 6.27. The largest absolute Gasteiger partial charge is 0.352 e. The van der Waals surface area contributed by atoms with Crippen molar-refractivity contribution in [1.29, 1.82) is 0 Å².